The Kier molecular flexibility index (Phi) is 4.63. The maximum absolute atomic E-state index is 13.6. The maximum atomic E-state index is 13.6. The van der Waals surface area contributed by atoms with Crippen molar-refractivity contribution in [3.05, 3.63) is 53.8 Å². The number of aromatic carboxylic acids is 1. The van der Waals surface area contributed by atoms with E-state index in [1.807, 2.05) is 0 Å². The molecule has 1 aliphatic carbocycles. The molecule has 0 saturated heterocycles. The molecular formula is C17H16FNO5S. The van der Waals surface area contributed by atoms with E-state index in [-0.39, 0.29) is 21.9 Å². The van der Waals surface area contributed by atoms with E-state index >= 15 is 0 Å². The normalized spacial score (nSPS) is 14.1. The molecule has 2 aromatic carbocycles. The summed E-state index contributed by atoms with van der Waals surface area (Å²) in [5.41, 5.74) is 0.199. The first kappa shape index (κ1) is 17.2. The molecule has 2 aromatic rings. The maximum Gasteiger partial charge on any atom is 0.335 e. The summed E-state index contributed by atoms with van der Waals surface area (Å²) in [6, 6.07) is 8.53. The average molecular weight is 365 g/mol. The van der Waals surface area contributed by atoms with Gasteiger partial charge in [0.05, 0.1) is 12.2 Å². The summed E-state index contributed by atoms with van der Waals surface area (Å²) in [5, 5.41) is 8.87. The van der Waals surface area contributed by atoms with Gasteiger partial charge in [0.2, 0.25) is 0 Å². The second-order valence-corrected chi connectivity index (χ2v) is 7.48. The topological polar surface area (TPSA) is 92.7 Å². The molecule has 0 atom stereocenters. The summed E-state index contributed by atoms with van der Waals surface area (Å²) in [6.45, 7) is 0.390. The fraction of sp³-hybridized carbons (Fsp3) is 0.235. The highest BCUT2D eigenvalue weighted by atomic mass is 32.2. The molecule has 1 aliphatic rings. The number of carboxylic acid groups (broad SMARTS) is 1. The zero-order valence-corrected chi connectivity index (χ0v) is 13.9. The van der Waals surface area contributed by atoms with Crippen LogP contribution in [0, 0.1) is 11.7 Å². The van der Waals surface area contributed by atoms with Crippen molar-refractivity contribution in [2.45, 2.75) is 17.7 Å². The largest absolute Gasteiger partial charge is 0.492 e. The number of carboxylic acids is 1. The van der Waals surface area contributed by atoms with Gasteiger partial charge in [-0.25, -0.2) is 17.6 Å². The summed E-state index contributed by atoms with van der Waals surface area (Å²) >= 11 is 0. The van der Waals surface area contributed by atoms with Crippen molar-refractivity contribution in [1.29, 1.82) is 0 Å². The molecule has 0 spiro atoms. The lowest BCUT2D eigenvalue weighted by molar-refractivity contribution is 0.0697. The van der Waals surface area contributed by atoms with Gasteiger partial charge in [-0.3, -0.25) is 4.72 Å². The Labute approximate surface area is 144 Å². The first-order chi connectivity index (χ1) is 11.8. The lowest BCUT2D eigenvalue weighted by atomic mass is 10.2. The van der Waals surface area contributed by atoms with E-state index < -0.39 is 21.8 Å². The predicted molar refractivity (Wildman–Crippen MR) is 88.8 cm³/mol. The monoisotopic (exact) mass is 365 g/mol. The third-order valence-corrected chi connectivity index (χ3v) is 5.15. The minimum absolute atomic E-state index is 0.0298. The van der Waals surface area contributed by atoms with Gasteiger partial charge in [0.15, 0.2) is 0 Å². The van der Waals surface area contributed by atoms with Crippen LogP contribution < -0.4 is 9.46 Å². The number of hydrogen-bond acceptors (Lipinski definition) is 4. The van der Waals surface area contributed by atoms with Crippen molar-refractivity contribution in [2.24, 2.45) is 5.92 Å². The quantitative estimate of drug-likeness (QED) is 0.786. The van der Waals surface area contributed by atoms with Crippen LogP contribution in [0.15, 0.2) is 47.4 Å². The van der Waals surface area contributed by atoms with Crippen molar-refractivity contribution < 1.29 is 27.4 Å². The highest BCUT2D eigenvalue weighted by Gasteiger charge is 2.25. The van der Waals surface area contributed by atoms with Gasteiger partial charge in [-0.05, 0) is 61.2 Å². The Morgan fingerprint density at radius 1 is 1.20 bits per heavy atom. The molecule has 0 aliphatic heterocycles. The van der Waals surface area contributed by atoms with Gasteiger partial charge in [-0.1, -0.05) is 0 Å². The molecule has 6 nitrogen and oxygen atoms in total. The molecule has 132 valence electrons. The van der Waals surface area contributed by atoms with E-state index in [1.54, 1.807) is 0 Å². The summed E-state index contributed by atoms with van der Waals surface area (Å²) in [7, 11) is -4.09. The molecule has 2 N–H and O–H groups in total. The van der Waals surface area contributed by atoms with E-state index in [0.29, 0.717) is 12.5 Å². The number of carbonyl (C=O) groups is 1. The van der Waals surface area contributed by atoms with Crippen molar-refractivity contribution >= 4 is 21.7 Å². The summed E-state index contributed by atoms with van der Waals surface area (Å²) in [4.78, 5) is 10.5. The number of anilines is 1. The van der Waals surface area contributed by atoms with E-state index in [9.17, 15) is 17.6 Å². The summed E-state index contributed by atoms with van der Waals surface area (Å²) in [6.07, 6.45) is 2.08. The van der Waals surface area contributed by atoms with Gasteiger partial charge in [0.25, 0.3) is 10.0 Å². The van der Waals surface area contributed by atoms with Crippen LogP contribution in [0.4, 0.5) is 10.1 Å². The van der Waals surface area contributed by atoms with Crippen LogP contribution in [0.3, 0.4) is 0 Å². The van der Waals surface area contributed by atoms with Crippen LogP contribution in [0.5, 0.6) is 5.75 Å². The Balaban J connectivity index is 1.85. The van der Waals surface area contributed by atoms with Crippen LogP contribution in [0.1, 0.15) is 23.2 Å². The molecule has 0 aromatic heterocycles. The molecule has 0 unspecified atom stereocenters. The van der Waals surface area contributed by atoms with Crippen LogP contribution in [0.2, 0.25) is 0 Å². The molecule has 0 radical (unpaired) electrons. The van der Waals surface area contributed by atoms with Crippen LogP contribution in [0.25, 0.3) is 0 Å². The number of rotatable bonds is 7. The first-order valence-electron chi connectivity index (χ1n) is 7.64. The van der Waals surface area contributed by atoms with Crippen molar-refractivity contribution in [3.63, 3.8) is 0 Å². The zero-order valence-electron chi connectivity index (χ0n) is 13.1. The van der Waals surface area contributed by atoms with Crippen LogP contribution >= 0.6 is 0 Å². The average Bonchev–Trinajstić information content (AvgIpc) is 3.38. The third kappa shape index (κ3) is 4.27. The molecule has 25 heavy (non-hydrogen) atoms. The molecule has 0 heterocycles. The third-order valence-electron chi connectivity index (χ3n) is 3.75. The van der Waals surface area contributed by atoms with Gasteiger partial charge in [0.1, 0.15) is 16.5 Å². The fourth-order valence-electron chi connectivity index (χ4n) is 2.19. The van der Waals surface area contributed by atoms with Gasteiger partial charge >= 0.3 is 5.97 Å². The van der Waals surface area contributed by atoms with Crippen molar-refractivity contribution in [3.8, 4) is 5.75 Å². The SMILES string of the molecule is O=C(O)c1ccc(NS(=O)(=O)c2cc(F)ccc2OCC2CC2)cc1. The highest BCUT2D eigenvalue weighted by molar-refractivity contribution is 7.92. The standard InChI is InChI=1S/C17H16FNO5S/c18-13-5-8-15(24-10-11-1-2-11)16(9-13)25(22,23)19-14-6-3-12(4-7-14)17(20)21/h3-9,11,19H,1-2,10H2,(H,20,21). The molecule has 3 rings (SSSR count). The Morgan fingerprint density at radius 3 is 2.48 bits per heavy atom. The Hall–Kier alpha value is -2.61. The first-order valence-corrected chi connectivity index (χ1v) is 9.12. The molecule has 1 fully saturated rings. The van der Waals surface area contributed by atoms with E-state index in [4.69, 9.17) is 9.84 Å². The molecule has 0 bridgehead atoms. The second-order valence-electron chi connectivity index (χ2n) is 5.83. The van der Waals surface area contributed by atoms with Gasteiger partial charge < -0.3 is 9.84 Å². The Morgan fingerprint density at radius 2 is 1.88 bits per heavy atom. The summed E-state index contributed by atoms with van der Waals surface area (Å²) < 4.78 is 46.5. The van der Waals surface area contributed by atoms with Gasteiger partial charge in [0, 0.05) is 5.69 Å². The van der Waals surface area contributed by atoms with Crippen molar-refractivity contribution in [2.75, 3.05) is 11.3 Å². The van der Waals surface area contributed by atoms with Crippen molar-refractivity contribution in [1.82, 2.24) is 0 Å². The fourth-order valence-corrected chi connectivity index (χ4v) is 3.41. The van der Waals surface area contributed by atoms with Crippen LogP contribution in [-0.4, -0.2) is 26.1 Å². The number of benzene rings is 2. The molecule has 8 heteroatoms. The smallest absolute Gasteiger partial charge is 0.335 e. The number of ether oxygens (including phenoxy) is 1. The molecule has 0 amide bonds. The minimum Gasteiger partial charge on any atom is -0.492 e. The van der Waals surface area contributed by atoms with Gasteiger partial charge in [-0.2, -0.15) is 0 Å². The lowest BCUT2D eigenvalue weighted by Crippen LogP contribution is -2.15. The van der Waals surface area contributed by atoms with Gasteiger partial charge in [-0.15, -0.1) is 0 Å². The van der Waals surface area contributed by atoms with E-state index in [2.05, 4.69) is 4.72 Å². The number of sulfonamides is 1. The minimum atomic E-state index is -4.09. The second kappa shape index (κ2) is 6.72. The van der Waals surface area contributed by atoms with E-state index in [1.165, 1.54) is 30.3 Å². The molecular weight excluding hydrogens is 349 g/mol. The zero-order chi connectivity index (χ0) is 18.0. The number of halogens is 1. The highest BCUT2D eigenvalue weighted by Crippen LogP contribution is 2.32. The number of nitrogens with one attached hydrogen (secondary N) is 1. The lowest BCUT2D eigenvalue weighted by Gasteiger charge is -2.13. The Bertz CT molecular complexity index is 892. The molecule has 1 saturated carbocycles. The number of hydrogen-bond donors (Lipinski definition) is 2. The van der Waals surface area contributed by atoms with E-state index in [0.717, 1.165) is 25.0 Å². The predicted octanol–water partition coefficient (Wildman–Crippen LogP) is 3.11. The summed E-state index contributed by atoms with van der Waals surface area (Å²) in [5.74, 6) is -1.31. The van der Waals surface area contributed by atoms with Crippen LogP contribution in [-0.2, 0) is 10.0 Å².